The standard InChI is InChI=1S/C21H29N3O4/c1-2-28-21(27)15-9-12-24(13-10-15)14-11-19(25)23-18-6-4-3-5-17(18)20(26)22-16-7-8-16/h3-6,15-16H,2,7-14H2,1H3,(H,22,26)(H,23,25). The fourth-order valence-electron chi connectivity index (χ4n) is 3.41. The van der Waals surface area contributed by atoms with Gasteiger partial charge in [-0.05, 0) is 57.8 Å². The van der Waals surface area contributed by atoms with Gasteiger partial charge in [-0.15, -0.1) is 0 Å². The predicted octanol–water partition coefficient (Wildman–Crippen LogP) is 2.18. The van der Waals surface area contributed by atoms with E-state index in [9.17, 15) is 14.4 Å². The van der Waals surface area contributed by atoms with Gasteiger partial charge in [0.2, 0.25) is 5.91 Å². The van der Waals surface area contributed by atoms with Gasteiger partial charge in [-0.2, -0.15) is 0 Å². The Hall–Kier alpha value is -2.41. The normalized spacial score (nSPS) is 17.8. The molecule has 2 aliphatic rings. The molecule has 2 fully saturated rings. The molecule has 0 atom stereocenters. The van der Waals surface area contributed by atoms with Crippen molar-refractivity contribution in [1.82, 2.24) is 10.2 Å². The average molecular weight is 387 g/mol. The molecule has 0 radical (unpaired) electrons. The Bertz CT molecular complexity index is 709. The molecule has 28 heavy (non-hydrogen) atoms. The van der Waals surface area contributed by atoms with Crippen LogP contribution in [-0.2, 0) is 14.3 Å². The highest BCUT2D eigenvalue weighted by atomic mass is 16.5. The zero-order chi connectivity index (χ0) is 19.9. The maximum absolute atomic E-state index is 12.4. The molecule has 152 valence electrons. The molecule has 0 spiro atoms. The van der Waals surface area contributed by atoms with E-state index in [0.29, 0.717) is 30.8 Å². The number of likely N-dealkylation sites (tertiary alicyclic amines) is 1. The highest BCUT2D eigenvalue weighted by Gasteiger charge is 2.27. The van der Waals surface area contributed by atoms with Crippen LogP contribution in [0.3, 0.4) is 0 Å². The molecular weight excluding hydrogens is 358 g/mol. The first-order chi connectivity index (χ1) is 13.6. The molecule has 1 aliphatic carbocycles. The van der Waals surface area contributed by atoms with Gasteiger partial charge < -0.3 is 20.3 Å². The van der Waals surface area contributed by atoms with Crippen molar-refractivity contribution in [3.63, 3.8) is 0 Å². The van der Waals surface area contributed by atoms with Crippen LogP contribution in [0.2, 0.25) is 0 Å². The van der Waals surface area contributed by atoms with E-state index in [0.717, 1.165) is 38.8 Å². The quantitative estimate of drug-likeness (QED) is 0.668. The largest absolute Gasteiger partial charge is 0.466 e. The van der Waals surface area contributed by atoms with Crippen LogP contribution in [0.15, 0.2) is 24.3 Å². The van der Waals surface area contributed by atoms with Crippen molar-refractivity contribution in [2.24, 2.45) is 5.92 Å². The van der Waals surface area contributed by atoms with Gasteiger partial charge in [-0.25, -0.2) is 0 Å². The number of ether oxygens (including phenoxy) is 1. The van der Waals surface area contributed by atoms with E-state index in [1.165, 1.54) is 0 Å². The lowest BCUT2D eigenvalue weighted by Gasteiger charge is -2.30. The van der Waals surface area contributed by atoms with E-state index in [4.69, 9.17) is 4.74 Å². The van der Waals surface area contributed by atoms with E-state index in [-0.39, 0.29) is 29.7 Å². The number of carbonyl (C=O) groups is 3. The van der Waals surface area contributed by atoms with Crippen LogP contribution in [0.4, 0.5) is 5.69 Å². The number of hydrogen-bond donors (Lipinski definition) is 2. The van der Waals surface area contributed by atoms with Gasteiger partial charge in [0.25, 0.3) is 5.91 Å². The zero-order valence-electron chi connectivity index (χ0n) is 16.4. The second-order valence-corrected chi connectivity index (χ2v) is 7.46. The summed E-state index contributed by atoms with van der Waals surface area (Å²) in [4.78, 5) is 38.7. The van der Waals surface area contributed by atoms with Gasteiger partial charge in [-0.3, -0.25) is 14.4 Å². The molecule has 3 rings (SSSR count). The molecule has 1 saturated heterocycles. The van der Waals surface area contributed by atoms with Gasteiger partial charge in [0, 0.05) is 19.0 Å². The Balaban J connectivity index is 1.44. The van der Waals surface area contributed by atoms with Crippen molar-refractivity contribution in [3.05, 3.63) is 29.8 Å². The second kappa shape index (κ2) is 9.68. The van der Waals surface area contributed by atoms with Gasteiger partial charge in [0.05, 0.1) is 23.8 Å². The lowest BCUT2D eigenvalue weighted by Crippen LogP contribution is -2.38. The van der Waals surface area contributed by atoms with Crippen molar-refractivity contribution in [2.75, 3.05) is 31.6 Å². The van der Waals surface area contributed by atoms with Crippen molar-refractivity contribution >= 4 is 23.5 Å². The predicted molar refractivity (Wildman–Crippen MR) is 106 cm³/mol. The van der Waals surface area contributed by atoms with E-state index in [2.05, 4.69) is 15.5 Å². The molecular formula is C21H29N3O4. The summed E-state index contributed by atoms with van der Waals surface area (Å²) in [6.45, 7) is 4.45. The molecule has 1 saturated carbocycles. The molecule has 0 unspecified atom stereocenters. The Morgan fingerprint density at radius 3 is 2.50 bits per heavy atom. The summed E-state index contributed by atoms with van der Waals surface area (Å²) < 4.78 is 5.09. The molecule has 1 heterocycles. The van der Waals surface area contributed by atoms with Crippen LogP contribution in [-0.4, -0.2) is 55.0 Å². The number of piperidine rings is 1. The van der Waals surface area contributed by atoms with Crippen molar-refractivity contribution in [1.29, 1.82) is 0 Å². The third-order valence-electron chi connectivity index (χ3n) is 5.22. The Kier molecular flexibility index (Phi) is 7.03. The fourth-order valence-corrected chi connectivity index (χ4v) is 3.41. The minimum atomic E-state index is -0.139. The summed E-state index contributed by atoms with van der Waals surface area (Å²) in [7, 11) is 0. The molecule has 1 aromatic rings. The van der Waals surface area contributed by atoms with Crippen LogP contribution in [0.25, 0.3) is 0 Å². The Morgan fingerprint density at radius 2 is 1.82 bits per heavy atom. The number of anilines is 1. The second-order valence-electron chi connectivity index (χ2n) is 7.46. The number of esters is 1. The molecule has 7 heteroatoms. The highest BCUT2D eigenvalue weighted by Crippen LogP contribution is 2.22. The third kappa shape index (κ3) is 5.79. The van der Waals surface area contributed by atoms with Crippen LogP contribution in [0.1, 0.15) is 49.4 Å². The summed E-state index contributed by atoms with van der Waals surface area (Å²) >= 11 is 0. The van der Waals surface area contributed by atoms with Crippen LogP contribution in [0.5, 0.6) is 0 Å². The van der Waals surface area contributed by atoms with Gasteiger partial charge >= 0.3 is 5.97 Å². The minimum absolute atomic E-state index is 0.0260. The average Bonchev–Trinajstić information content (AvgIpc) is 3.51. The molecule has 2 amide bonds. The number of amides is 2. The van der Waals surface area contributed by atoms with Crippen LogP contribution in [0, 0.1) is 5.92 Å². The zero-order valence-corrected chi connectivity index (χ0v) is 16.4. The number of hydrogen-bond acceptors (Lipinski definition) is 5. The summed E-state index contributed by atoms with van der Waals surface area (Å²) in [5.41, 5.74) is 1.05. The van der Waals surface area contributed by atoms with E-state index >= 15 is 0 Å². The smallest absolute Gasteiger partial charge is 0.309 e. The number of nitrogens with zero attached hydrogens (tertiary/aromatic N) is 1. The van der Waals surface area contributed by atoms with Gasteiger partial charge in [0.15, 0.2) is 0 Å². The lowest BCUT2D eigenvalue weighted by atomic mass is 9.97. The topological polar surface area (TPSA) is 87.7 Å². The summed E-state index contributed by atoms with van der Waals surface area (Å²) in [6.07, 6.45) is 3.93. The monoisotopic (exact) mass is 387 g/mol. The first-order valence-corrected chi connectivity index (χ1v) is 10.2. The summed E-state index contributed by atoms with van der Waals surface area (Å²) in [6, 6.07) is 7.36. The Labute approximate surface area is 165 Å². The molecule has 0 bridgehead atoms. The van der Waals surface area contributed by atoms with Crippen molar-refractivity contribution in [2.45, 2.75) is 45.1 Å². The Morgan fingerprint density at radius 1 is 1.11 bits per heavy atom. The van der Waals surface area contributed by atoms with Crippen molar-refractivity contribution < 1.29 is 19.1 Å². The first kappa shape index (κ1) is 20.3. The van der Waals surface area contributed by atoms with Crippen LogP contribution < -0.4 is 10.6 Å². The SMILES string of the molecule is CCOC(=O)C1CCN(CCC(=O)Nc2ccccc2C(=O)NC2CC2)CC1. The van der Waals surface area contributed by atoms with Gasteiger partial charge in [-0.1, -0.05) is 12.1 Å². The highest BCUT2D eigenvalue weighted by molar-refractivity contribution is 6.03. The fraction of sp³-hybridized carbons (Fsp3) is 0.571. The summed E-state index contributed by atoms with van der Waals surface area (Å²) in [5, 5.41) is 5.82. The molecule has 0 aromatic heterocycles. The molecule has 7 nitrogen and oxygen atoms in total. The van der Waals surface area contributed by atoms with Gasteiger partial charge in [0.1, 0.15) is 0 Å². The summed E-state index contributed by atoms with van der Waals surface area (Å²) in [5.74, 6) is -0.388. The van der Waals surface area contributed by atoms with Crippen molar-refractivity contribution in [3.8, 4) is 0 Å². The molecule has 1 aromatic carbocycles. The third-order valence-corrected chi connectivity index (χ3v) is 5.22. The number of rotatable bonds is 8. The van der Waals surface area contributed by atoms with Crippen LogP contribution >= 0.6 is 0 Å². The number of carbonyl (C=O) groups excluding carboxylic acids is 3. The maximum Gasteiger partial charge on any atom is 0.309 e. The number of benzene rings is 1. The molecule has 2 N–H and O–H groups in total. The lowest BCUT2D eigenvalue weighted by molar-refractivity contribution is -0.149. The van der Waals surface area contributed by atoms with E-state index in [1.54, 1.807) is 18.2 Å². The van der Waals surface area contributed by atoms with E-state index < -0.39 is 0 Å². The van der Waals surface area contributed by atoms with E-state index in [1.807, 2.05) is 13.0 Å². The first-order valence-electron chi connectivity index (χ1n) is 10.2. The maximum atomic E-state index is 12.4. The minimum Gasteiger partial charge on any atom is -0.466 e. The number of nitrogens with one attached hydrogen (secondary N) is 2. The number of para-hydroxylation sites is 1. The molecule has 1 aliphatic heterocycles.